The number of hydrogen-bond acceptors (Lipinski definition) is 2. The van der Waals surface area contributed by atoms with Crippen molar-refractivity contribution in [2.24, 2.45) is 0 Å². The number of hydrogen-bond donors (Lipinski definition) is 0. The molecule has 3 nitrogen and oxygen atoms in total. The topological polar surface area (TPSA) is 30.2 Å². The second-order valence-corrected chi connectivity index (χ2v) is 5.65. The highest BCUT2D eigenvalue weighted by molar-refractivity contribution is 6.11. The zero-order valence-corrected chi connectivity index (χ0v) is 12.3. The molecular formula is C20H13N3. The van der Waals surface area contributed by atoms with Gasteiger partial charge in [0.15, 0.2) is 11.5 Å². The van der Waals surface area contributed by atoms with Crippen LogP contribution in [0.2, 0.25) is 0 Å². The Morgan fingerprint density at radius 2 is 1.30 bits per heavy atom. The van der Waals surface area contributed by atoms with Gasteiger partial charge in [-0.15, -0.1) is 10.2 Å². The van der Waals surface area contributed by atoms with Crippen LogP contribution in [0.3, 0.4) is 0 Å². The van der Waals surface area contributed by atoms with Crippen LogP contribution in [0.4, 0.5) is 0 Å². The monoisotopic (exact) mass is 295 g/mol. The maximum absolute atomic E-state index is 4.48. The molecule has 108 valence electrons. The van der Waals surface area contributed by atoms with Crippen LogP contribution in [0.15, 0.2) is 79.0 Å². The molecule has 2 aromatic heterocycles. The van der Waals surface area contributed by atoms with Gasteiger partial charge in [-0.2, -0.15) is 0 Å². The zero-order valence-electron chi connectivity index (χ0n) is 12.3. The molecule has 0 unspecified atom stereocenters. The summed E-state index contributed by atoms with van der Waals surface area (Å²) in [5, 5.41) is 13.6. The highest BCUT2D eigenvalue weighted by atomic mass is 15.2. The molecule has 0 radical (unpaired) electrons. The largest absolute Gasteiger partial charge is 0.282 e. The molecule has 0 bridgehead atoms. The van der Waals surface area contributed by atoms with Crippen molar-refractivity contribution in [2.45, 2.75) is 0 Å². The Kier molecular flexibility index (Phi) is 2.50. The number of pyridine rings is 1. The van der Waals surface area contributed by atoms with E-state index in [9.17, 15) is 0 Å². The summed E-state index contributed by atoms with van der Waals surface area (Å²) in [7, 11) is 0. The Morgan fingerprint density at radius 1 is 0.652 bits per heavy atom. The summed E-state index contributed by atoms with van der Waals surface area (Å²) in [6, 6.07) is 25.1. The zero-order chi connectivity index (χ0) is 15.2. The molecule has 0 atom stereocenters. The molecule has 0 saturated heterocycles. The van der Waals surface area contributed by atoms with E-state index in [1.54, 1.807) is 0 Å². The van der Waals surface area contributed by atoms with Crippen molar-refractivity contribution >= 4 is 27.2 Å². The van der Waals surface area contributed by atoms with E-state index in [1.165, 1.54) is 21.5 Å². The molecule has 0 aliphatic heterocycles. The van der Waals surface area contributed by atoms with Gasteiger partial charge in [0.05, 0.1) is 0 Å². The molecule has 0 fully saturated rings. The lowest BCUT2D eigenvalue weighted by Gasteiger charge is -2.10. The van der Waals surface area contributed by atoms with Gasteiger partial charge >= 0.3 is 0 Å². The first-order valence-electron chi connectivity index (χ1n) is 7.62. The fourth-order valence-corrected chi connectivity index (χ4v) is 3.27. The van der Waals surface area contributed by atoms with Crippen molar-refractivity contribution in [2.75, 3.05) is 0 Å². The van der Waals surface area contributed by atoms with Gasteiger partial charge in [0.25, 0.3) is 0 Å². The molecule has 2 heterocycles. The maximum atomic E-state index is 4.48. The lowest BCUT2D eigenvalue weighted by molar-refractivity contribution is 1.12. The molecule has 0 saturated carbocycles. The summed E-state index contributed by atoms with van der Waals surface area (Å²) in [5.41, 5.74) is 2.00. The number of fused-ring (bicyclic) bond motifs is 3. The van der Waals surface area contributed by atoms with Crippen molar-refractivity contribution in [3.8, 4) is 11.4 Å². The molecule has 23 heavy (non-hydrogen) atoms. The van der Waals surface area contributed by atoms with Gasteiger partial charge in [-0.05, 0) is 39.7 Å². The highest BCUT2D eigenvalue weighted by Gasteiger charge is 2.14. The lowest BCUT2D eigenvalue weighted by Crippen LogP contribution is -1.92. The molecule has 0 aliphatic rings. The van der Waals surface area contributed by atoms with Gasteiger partial charge < -0.3 is 0 Å². The van der Waals surface area contributed by atoms with Crippen LogP contribution in [0.25, 0.3) is 38.6 Å². The minimum atomic E-state index is 0.861. The van der Waals surface area contributed by atoms with Gasteiger partial charge in [-0.3, -0.25) is 4.40 Å². The van der Waals surface area contributed by atoms with E-state index in [2.05, 4.69) is 64.8 Å². The number of rotatable bonds is 1. The third kappa shape index (κ3) is 1.77. The first kappa shape index (κ1) is 12.4. The fraction of sp³-hybridized carbons (Fsp3) is 0. The van der Waals surface area contributed by atoms with Crippen LogP contribution < -0.4 is 0 Å². The number of nitrogens with zero attached hydrogens (tertiary/aromatic N) is 3. The minimum absolute atomic E-state index is 0.861. The average molecular weight is 295 g/mol. The van der Waals surface area contributed by atoms with Crippen LogP contribution in [0, 0.1) is 0 Å². The van der Waals surface area contributed by atoms with Crippen molar-refractivity contribution in [1.82, 2.24) is 14.6 Å². The Morgan fingerprint density at radius 3 is 2.04 bits per heavy atom. The molecule has 0 aliphatic carbocycles. The third-order valence-electron chi connectivity index (χ3n) is 4.31. The summed E-state index contributed by atoms with van der Waals surface area (Å²) in [4.78, 5) is 0. The second kappa shape index (κ2) is 4.65. The van der Waals surface area contributed by atoms with Crippen molar-refractivity contribution in [1.29, 1.82) is 0 Å². The Labute approximate surface area is 132 Å². The predicted molar refractivity (Wildman–Crippen MR) is 93.4 cm³/mol. The van der Waals surface area contributed by atoms with E-state index >= 15 is 0 Å². The predicted octanol–water partition coefficient (Wildman–Crippen LogP) is 4.70. The Hall–Kier alpha value is -3.20. The van der Waals surface area contributed by atoms with E-state index in [1.807, 2.05) is 28.8 Å². The van der Waals surface area contributed by atoms with Gasteiger partial charge in [0.2, 0.25) is 0 Å². The fourth-order valence-electron chi connectivity index (χ4n) is 3.27. The molecule has 5 aromatic rings. The third-order valence-corrected chi connectivity index (χ3v) is 4.31. The Balaban J connectivity index is 2.02. The maximum Gasteiger partial charge on any atom is 0.169 e. The SMILES string of the molecule is c1ccc2c(-c3nnc4ccccn34)c3ccccc3cc2c1. The van der Waals surface area contributed by atoms with Gasteiger partial charge in [0.1, 0.15) is 0 Å². The summed E-state index contributed by atoms with van der Waals surface area (Å²) in [6.45, 7) is 0. The normalized spacial score (nSPS) is 11.5. The summed E-state index contributed by atoms with van der Waals surface area (Å²) in [6.07, 6.45) is 2.02. The van der Waals surface area contributed by atoms with E-state index < -0.39 is 0 Å². The Bertz CT molecular complexity index is 1120. The highest BCUT2D eigenvalue weighted by Crippen LogP contribution is 2.35. The first-order valence-corrected chi connectivity index (χ1v) is 7.62. The molecular weight excluding hydrogens is 282 g/mol. The van der Waals surface area contributed by atoms with E-state index in [0.29, 0.717) is 0 Å². The summed E-state index contributed by atoms with van der Waals surface area (Å²) >= 11 is 0. The quantitative estimate of drug-likeness (QED) is 0.419. The summed E-state index contributed by atoms with van der Waals surface area (Å²) < 4.78 is 2.05. The van der Waals surface area contributed by atoms with Crippen molar-refractivity contribution in [3.05, 3.63) is 79.0 Å². The average Bonchev–Trinajstić information content (AvgIpc) is 3.03. The van der Waals surface area contributed by atoms with Gasteiger partial charge in [-0.1, -0.05) is 54.6 Å². The second-order valence-electron chi connectivity index (χ2n) is 5.65. The van der Waals surface area contributed by atoms with Crippen LogP contribution in [-0.2, 0) is 0 Å². The van der Waals surface area contributed by atoms with E-state index in [4.69, 9.17) is 0 Å². The molecule has 0 spiro atoms. The molecule has 5 rings (SSSR count). The molecule has 3 aromatic carbocycles. The van der Waals surface area contributed by atoms with Crippen LogP contribution in [-0.4, -0.2) is 14.6 Å². The van der Waals surface area contributed by atoms with Crippen LogP contribution in [0.5, 0.6) is 0 Å². The van der Waals surface area contributed by atoms with Crippen LogP contribution in [0.1, 0.15) is 0 Å². The number of aromatic nitrogens is 3. The van der Waals surface area contributed by atoms with E-state index in [0.717, 1.165) is 17.0 Å². The van der Waals surface area contributed by atoms with Gasteiger partial charge in [-0.25, -0.2) is 0 Å². The molecule has 0 N–H and O–H groups in total. The lowest BCUT2D eigenvalue weighted by atomic mass is 9.96. The molecule has 0 amide bonds. The van der Waals surface area contributed by atoms with Gasteiger partial charge in [0, 0.05) is 11.8 Å². The van der Waals surface area contributed by atoms with Crippen LogP contribution >= 0.6 is 0 Å². The van der Waals surface area contributed by atoms with Crippen molar-refractivity contribution in [3.63, 3.8) is 0 Å². The van der Waals surface area contributed by atoms with E-state index in [-0.39, 0.29) is 0 Å². The smallest absolute Gasteiger partial charge is 0.169 e. The molecule has 3 heteroatoms. The standard InChI is InChI=1S/C20H13N3/c1-3-9-16-14(7-1)13-15-8-2-4-10-17(15)19(16)20-22-21-18-11-5-6-12-23(18)20/h1-13H. The number of benzene rings is 3. The minimum Gasteiger partial charge on any atom is -0.282 e. The summed E-state index contributed by atoms with van der Waals surface area (Å²) in [5.74, 6) is 0.883. The van der Waals surface area contributed by atoms with Crippen molar-refractivity contribution < 1.29 is 0 Å². The first-order chi connectivity index (χ1) is 11.4.